The van der Waals surface area contributed by atoms with E-state index in [9.17, 15) is 19.5 Å². The third-order valence-electron chi connectivity index (χ3n) is 4.46. The summed E-state index contributed by atoms with van der Waals surface area (Å²) in [4.78, 5) is 36.5. The molecule has 140 valence electrons. The molecule has 1 fully saturated rings. The number of benzene rings is 1. The van der Waals surface area contributed by atoms with Crippen LogP contribution in [0.25, 0.3) is 0 Å². The molecule has 1 aliphatic carbocycles. The van der Waals surface area contributed by atoms with E-state index >= 15 is 0 Å². The molecule has 6 heteroatoms. The second kappa shape index (κ2) is 9.87. The molecule has 6 nitrogen and oxygen atoms in total. The lowest BCUT2D eigenvalue weighted by Crippen LogP contribution is -2.37. The van der Waals surface area contributed by atoms with Crippen LogP contribution in [0.5, 0.6) is 0 Å². The van der Waals surface area contributed by atoms with Gasteiger partial charge in [-0.1, -0.05) is 49.2 Å². The molecule has 0 aromatic heterocycles. The van der Waals surface area contributed by atoms with Crippen LogP contribution in [0.2, 0.25) is 0 Å². The van der Waals surface area contributed by atoms with Gasteiger partial charge < -0.3 is 14.6 Å². The number of esters is 3. The third-order valence-corrected chi connectivity index (χ3v) is 4.46. The van der Waals surface area contributed by atoms with Crippen molar-refractivity contribution in [2.24, 2.45) is 11.8 Å². The summed E-state index contributed by atoms with van der Waals surface area (Å²) in [6, 6.07) is 9.27. The smallest absolute Gasteiger partial charge is 0.342 e. The van der Waals surface area contributed by atoms with Crippen molar-refractivity contribution in [2.45, 2.75) is 44.8 Å². The molecule has 0 aliphatic heterocycles. The summed E-state index contributed by atoms with van der Waals surface area (Å²) in [6.45, 7) is 3.55. The van der Waals surface area contributed by atoms with Crippen LogP contribution in [0.3, 0.4) is 0 Å². The third kappa shape index (κ3) is 5.52. The molecule has 1 saturated carbocycles. The maximum atomic E-state index is 12.4. The number of rotatable bonds is 7. The highest BCUT2D eigenvalue weighted by atomic mass is 16.6. The summed E-state index contributed by atoms with van der Waals surface area (Å²) < 4.78 is 10.1. The first-order valence-electron chi connectivity index (χ1n) is 8.78. The number of hydrogen-bond donors (Lipinski definition) is 1. The molecule has 26 heavy (non-hydrogen) atoms. The van der Waals surface area contributed by atoms with Gasteiger partial charge in [-0.25, -0.2) is 4.79 Å². The largest absolute Gasteiger partial charge is 0.461 e. The van der Waals surface area contributed by atoms with E-state index in [0.717, 1.165) is 18.4 Å². The quantitative estimate of drug-likeness (QED) is 0.457. The molecule has 0 amide bonds. The van der Waals surface area contributed by atoms with E-state index in [0.29, 0.717) is 12.8 Å². The Hall–Kier alpha value is -2.47. The predicted molar refractivity (Wildman–Crippen MR) is 93.6 cm³/mol. The Balaban J connectivity index is 1.95. The van der Waals surface area contributed by atoms with Gasteiger partial charge in [-0.3, -0.25) is 9.59 Å². The SMILES string of the molecule is C=CCC(O)C(=O)OC(=O)[C@H]1CCCC[C@H]1C(=O)OCc1ccccc1. The Morgan fingerprint density at radius 2 is 1.73 bits per heavy atom. The number of hydrogen-bond acceptors (Lipinski definition) is 6. The number of aliphatic hydroxyl groups is 1. The van der Waals surface area contributed by atoms with Gasteiger partial charge in [0.1, 0.15) is 6.61 Å². The minimum Gasteiger partial charge on any atom is -0.461 e. The molecule has 1 unspecified atom stereocenters. The predicted octanol–water partition coefficient (Wildman–Crippen LogP) is 2.54. The van der Waals surface area contributed by atoms with Crippen LogP contribution in [0, 0.1) is 11.8 Å². The molecule has 0 saturated heterocycles. The standard InChI is InChI=1S/C20H24O6/c1-2-8-17(21)20(24)26-19(23)16-12-7-6-11-15(16)18(22)25-13-14-9-4-3-5-10-14/h2-5,9-10,15-17,21H,1,6-8,11-13H2/t15-,16+,17?/m1/s1. The fourth-order valence-electron chi connectivity index (χ4n) is 3.03. The Kier molecular flexibility index (Phi) is 7.53. The maximum absolute atomic E-state index is 12.4. The first-order chi connectivity index (χ1) is 12.5. The van der Waals surface area contributed by atoms with E-state index in [1.54, 1.807) is 0 Å². The fraction of sp³-hybridized carbons (Fsp3) is 0.450. The Morgan fingerprint density at radius 3 is 2.35 bits per heavy atom. The highest BCUT2D eigenvalue weighted by Gasteiger charge is 2.39. The fourth-order valence-corrected chi connectivity index (χ4v) is 3.03. The highest BCUT2D eigenvalue weighted by molar-refractivity contribution is 5.91. The van der Waals surface area contributed by atoms with Crippen molar-refractivity contribution in [2.75, 3.05) is 0 Å². The molecule has 0 radical (unpaired) electrons. The minimum atomic E-state index is -1.43. The number of ether oxygens (including phenoxy) is 2. The molecule has 0 bridgehead atoms. The van der Waals surface area contributed by atoms with Crippen LogP contribution in [0.4, 0.5) is 0 Å². The maximum Gasteiger partial charge on any atom is 0.342 e. The molecular formula is C20H24O6. The average Bonchev–Trinajstić information content (AvgIpc) is 2.67. The Bertz CT molecular complexity index is 639. The molecule has 2 rings (SSSR count). The summed E-state index contributed by atoms with van der Waals surface area (Å²) in [5.41, 5.74) is 0.860. The lowest BCUT2D eigenvalue weighted by Gasteiger charge is -2.28. The minimum absolute atomic E-state index is 0.000669. The first-order valence-corrected chi connectivity index (χ1v) is 8.78. The van der Waals surface area contributed by atoms with Crippen LogP contribution >= 0.6 is 0 Å². The molecular weight excluding hydrogens is 336 g/mol. The number of aliphatic hydroxyl groups excluding tert-OH is 1. The lowest BCUT2D eigenvalue weighted by atomic mass is 9.79. The van der Waals surface area contributed by atoms with Gasteiger partial charge in [-0.05, 0) is 18.4 Å². The van der Waals surface area contributed by atoms with Gasteiger partial charge in [0.25, 0.3) is 0 Å². The van der Waals surface area contributed by atoms with E-state index < -0.39 is 35.8 Å². The molecule has 1 aromatic carbocycles. The van der Waals surface area contributed by atoms with Gasteiger partial charge in [0.15, 0.2) is 6.10 Å². The van der Waals surface area contributed by atoms with Crippen LogP contribution in [-0.4, -0.2) is 29.1 Å². The van der Waals surface area contributed by atoms with E-state index in [-0.39, 0.29) is 13.0 Å². The van der Waals surface area contributed by atoms with E-state index in [4.69, 9.17) is 9.47 Å². The first kappa shape index (κ1) is 19.8. The zero-order valence-electron chi connectivity index (χ0n) is 14.6. The van der Waals surface area contributed by atoms with Crippen molar-refractivity contribution < 1.29 is 29.0 Å². The van der Waals surface area contributed by atoms with Gasteiger partial charge in [0.05, 0.1) is 11.8 Å². The second-order valence-corrected chi connectivity index (χ2v) is 6.37. The van der Waals surface area contributed by atoms with Crippen LogP contribution in [0.1, 0.15) is 37.7 Å². The summed E-state index contributed by atoms with van der Waals surface area (Å²) in [7, 11) is 0. The Morgan fingerprint density at radius 1 is 1.12 bits per heavy atom. The molecule has 1 aliphatic rings. The summed E-state index contributed by atoms with van der Waals surface area (Å²) in [5.74, 6) is -3.62. The van der Waals surface area contributed by atoms with Gasteiger partial charge in [-0.2, -0.15) is 0 Å². The summed E-state index contributed by atoms with van der Waals surface area (Å²) >= 11 is 0. The van der Waals surface area contributed by atoms with Crippen molar-refractivity contribution in [1.82, 2.24) is 0 Å². The lowest BCUT2D eigenvalue weighted by molar-refractivity contribution is -0.174. The normalized spacial score (nSPS) is 20.7. The highest BCUT2D eigenvalue weighted by Crippen LogP contribution is 2.32. The monoisotopic (exact) mass is 360 g/mol. The van der Waals surface area contributed by atoms with E-state index in [1.165, 1.54) is 6.08 Å². The summed E-state index contributed by atoms with van der Waals surface area (Å²) in [6.07, 6.45) is 2.47. The molecule has 1 N–H and O–H groups in total. The van der Waals surface area contributed by atoms with Crippen molar-refractivity contribution >= 4 is 17.9 Å². The number of carbonyl (C=O) groups excluding carboxylic acids is 3. The van der Waals surface area contributed by atoms with Gasteiger partial charge in [-0.15, -0.1) is 6.58 Å². The van der Waals surface area contributed by atoms with Crippen LogP contribution in [-0.2, 0) is 30.5 Å². The Labute approximate surface area is 152 Å². The second-order valence-electron chi connectivity index (χ2n) is 6.37. The zero-order chi connectivity index (χ0) is 18.9. The van der Waals surface area contributed by atoms with Crippen molar-refractivity contribution in [1.29, 1.82) is 0 Å². The molecule has 1 aromatic rings. The van der Waals surface area contributed by atoms with E-state index in [2.05, 4.69) is 6.58 Å². The van der Waals surface area contributed by atoms with E-state index in [1.807, 2.05) is 30.3 Å². The van der Waals surface area contributed by atoms with Gasteiger partial charge in [0.2, 0.25) is 0 Å². The van der Waals surface area contributed by atoms with Crippen molar-refractivity contribution in [3.05, 3.63) is 48.6 Å². The van der Waals surface area contributed by atoms with Crippen molar-refractivity contribution in [3.8, 4) is 0 Å². The molecule has 3 atom stereocenters. The number of carbonyl (C=O) groups is 3. The zero-order valence-corrected chi connectivity index (χ0v) is 14.6. The molecule has 0 spiro atoms. The molecule has 0 heterocycles. The average molecular weight is 360 g/mol. The topological polar surface area (TPSA) is 89.9 Å². The van der Waals surface area contributed by atoms with Crippen LogP contribution in [0.15, 0.2) is 43.0 Å². The van der Waals surface area contributed by atoms with Gasteiger partial charge in [0, 0.05) is 6.42 Å². The van der Waals surface area contributed by atoms with Gasteiger partial charge >= 0.3 is 17.9 Å². The van der Waals surface area contributed by atoms with Crippen LogP contribution < -0.4 is 0 Å². The summed E-state index contributed by atoms with van der Waals surface area (Å²) in [5, 5.41) is 9.56. The van der Waals surface area contributed by atoms with Crippen molar-refractivity contribution in [3.63, 3.8) is 0 Å².